The van der Waals surface area contributed by atoms with Crippen molar-refractivity contribution in [3.05, 3.63) is 51.5 Å². The second-order valence-electron chi connectivity index (χ2n) is 4.02. The number of anilines is 1. The number of carbonyl (C=O) groups excluding carboxylic acids is 1. The Labute approximate surface area is 134 Å². The van der Waals surface area contributed by atoms with Crippen LogP contribution in [-0.2, 0) is 0 Å². The number of benzene rings is 1. The molecule has 1 N–H and O–H groups in total. The number of ether oxygens (including phenoxy) is 1. The smallest absolute Gasteiger partial charge is 0.258 e. The highest BCUT2D eigenvalue weighted by atomic mass is 79.9. The van der Waals surface area contributed by atoms with E-state index in [0.29, 0.717) is 16.8 Å². The fourth-order valence-electron chi connectivity index (χ4n) is 1.63. The van der Waals surface area contributed by atoms with Gasteiger partial charge in [-0.1, -0.05) is 11.6 Å². The molecule has 0 radical (unpaired) electrons. The molecule has 1 amide bonds. The minimum atomic E-state index is -0.548. The summed E-state index contributed by atoms with van der Waals surface area (Å²) < 4.78 is 19.4. The van der Waals surface area contributed by atoms with Crippen LogP contribution in [0, 0.1) is 5.82 Å². The Balaban J connectivity index is 2.19. The van der Waals surface area contributed by atoms with Crippen molar-refractivity contribution in [1.29, 1.82) is 0 Å². The molecule has 1 heterocycles. The van der Waals surface area contributed by atoms with E-state index in [1.807, 2.05) is 0 Å². The summed E-state index contributed by atoms with van der Waals surface area (Å²) in [6.45, 7) is 2.12. The molecular weight excluding hydrogens is 363 g/mol. The lowest BCUT2D eigenvalue weighted by Crippen LogP contribution is -2.13. The van der Waals surface area contributed by atoms with Crippen LogP contribution in [0.1, 0.15) is 17.3 Å². The van der Waals surface area contributed by atoms with Gasteiger partial charge < -0.3 is 10.1 Å². The fourth-order valence-corrected chi connectivity index (χ4v) is 2.15. The zero-order valence-corrected chi connectivity index (χ0v) is 13.3. The first-order chi connectivity index (χ1) is 10.0. The van der Waals surface area contributed by atoms with Gasteiger partial charge in [0.25, 0.3) is 5.91 Å². The van der Waals surface area contributed by atoms with Crippen LogP contribution in [0.4, 0.5) is 10.1 Å². The van der Waals surface area contributed by atoms with E-state index in [0.717, 1.165) is 0 Å². The average Bonchev–Trinajstić information content (AvgIpc) is 2.44. The van der Waals surface area contributed by atoms with Crippen molar-refractivity contribution in [3.8, 4) is 5.75 Å². The van der Waals surface area contributed by atoms with E-state index in [4.69, 9.17) is 16.3 Å². The Hall–Kier alpha value is -1.66. The van der Waals surface area contributed by atoms with Gasteiger partial charge in [0.1, 0.15) is 5.15 Å². The molecule has 0 aliphatic carbocycles. The third-order valence-corrected chi connectivity index (χ3v) is 3.27. The van der Waals surface area contributed by atoms with Crippen LogP contribution in [0.2, 0.25) is 5.15 Å². The van der Waals surface area contributed by atoms with Gasteiger partial charge in [-0.3, -0.25) is 4.79 Å². The van der Waals surface area contributed by atoms with Crippen molar-refractivity contribution < 1.29 is 13.9 Å². The SMILES string of the molecule is CCOc1ccc(NC(=O)c2cc(Br)cnc2Cl)cc1F. The molecule has 2 aromatic rings. The normalized spacial score (nSPS) is 10.3. The number of halogens is 3. The molecule has 0 spiro atoms. The molecule has 0 saturated carbocycles. The lowest BCUT2D eigenvalue weighted by atomic mass is 10.2. The highest BCUT2D eigenvalue weighted by Crippen LogP contribution is 2.23. The molecule has 1 aromatic carbocycles. The van der Waals surface area contributed by atoms with Gasteiger partial charge >= 0.3 is 0 Å². The first-order valence-electron chi connectivity index (χ1n) is 6.06. The molecule has 0 fully saturated rings. The van der Waals surface area contributed by atoms with Gasteiger partial charge in [-0.25, -0.2) is 9.37 Å². The molecule has 0 aliphatic rings. The van der Waals surface area contributed by atoms with Crippen LogP contribution in [-0.4, -0.2) is 17.5 Å². The van der Waals surface area contributed by atoms with Gasteiger partial charge in [0, 0.05) is 22.4 Å². The van der Waals surface area contributed by atoms with Crippen molar-refractivity contribution in [2.75, 3.05) is 11.9 Å². The van der Waals surface area contributed by atoms with Crippen LogP contribution in [0.3, 0.4) is 0 Å². The topological polar surface area (TPSA) is 51.2 Å². The number of rotatable bonds is 4. The molecule has 0 atom stereocenters. The zero-order chi connectivity index (χ0) is 15.4. The van der Waals surface area contributed by atoms with E-state index in [2.05, 4.69) is 26.2 Å². The number of carbonyl (C=O) groups is 1. The standard InChI is InChI=1S/C14H11BrClFN2O2/c1-2-21-12-4-3-9(6-11(12)17)19-14(20)10-5-8(15)7-18-13(10)16/h3-7H,2H2,1H3,(H,19,20). The first-order valence-corrected chi connectivity index (χ1v) is 7.23. The molecule has 0 bridgehead atoms. The zero-order valence-electron chi connectivity index (χ0n) is 11.0. The quantitative estimate of drug-likeness (QED) is 0.814. The maximum Gasteiger partial charge on any atom is 0.258 e. The summed E-state index contributed by atoms with van der Waals surface area (Å²) in [6, 6.07) is 5.72. The fraction of sp³-hybridized carbons (Fsp3) is 0.143. The molecular formula is C14H11BrClFN2O2. The molecule has 1 aromatic heterocycles. The summed E-state index contributed by atoms with van der Waals surface area (Å²) in [5.41, 5.74) is 0.498. The summed E-state index contributed by atoms with van der Waals surface area (Å²) in [7, 11) is 0. The summed E-state index contributed by atoms with van der Waals surface area (Å²) in [6.07, 6.45) is 1.48. The number of amides is 1. The summed E-state index contributed by atoms with van der Waals surface area (Å²) >= 11 is 9.08. The van der Waals surface area contributed by atoms with Crippen LogP contribution >= 0.6 is 27.5 Å². The van der Waals surface area contributed by atoms with Gasteiger partial charge in [-0.05, 0) is 41.1 Å². The third-order valence-electron chi connectivity index (χ3n) is 2.54. The van der Waals surface area contributed by atoms with E-state index in [9.17, 15) is 9.18 Å². The predicted molar refractivity (Wildman–Crippen MR) is 82.5 cm³/mol. The molecule has 2 rings (SSSR count). The summed E-state index contributed by atoms with van der Waals surface area (Å²) in [5.74, 6) is -0.886. The molecule has 0 aliphatic heterocycles. The van der Waals surface area contributed by atoms with Crippen LogP contribution < -0.4 is 10.1 Å². The third kappa shape index (κ3) is 3.92. The van der Waals surface area contributed by atoms with E-state index in [1.54, 1.807) is 13.0 Å². The van der Waals surface area contributed by atoms with Crippen molar-refractivity contribution in [2.45, 2.75) is 6.92 Å². The Morgan fingerprint density at radius 3 is 2.90 bits per heavy atom. The van der Waals surface area contributed by atoms with Crippen LogP contribution in [0.15, 0.2) is 34.9 Å². The molecule has 4 nitrogen and oxygen atoms in total. The second kappa shape index (κ2) is 6.87. The van der Waals surface area contributed by atoms with Gasteiger partial charge in [-0.2, -0.15) is 0 Å². The minimum Gasteiger partial charge on any atom is -0.491 e. The predicted octanol–water partition coefficient (Wildman–Crippen LogP) is 4.29. The van der Waals surface area contributed by atoms with E-state index in [1.165, 1.54) is 24.4 Å². The number of hydrogen-bond donors (Lipinski definition) is 1. The van der Waals surface area contributed by atoms with Crippen LogP contribution in [0.5, 0.6) is 5.75 Å². The molecule has 0 unspecified atom stereocenters. The summed E-state index contributed by atoms with van der Waals surface area (Å²) in [5, 5.41) is 2.63. The summed E-state index contributed by atoms with van der Waals surface area (Å²) in [4.78, 5) is 16.0. The van der Waals surface area contributed by atoms with E-state index < -0.39 is 11.7 Å². The Morgan fingerprint density at radius 1 is 1.48 bits per heavy atom. The molecule has 0 saturated heterocycles. The van der Waals surface area contributed by atoms with Crippen molar-refractivity contribution in [1.82, 2.24) is 4.98 Å². The Kier molecular flexibility index (Phi) is 5.14. The van der Waals surface area contributed by atoms with Crippen molar-refractivity contribution >= 4 is 39.1 Å². The number of aromatic nitrogens is 1. The minimum absolute atomic E-state index is 0.0714. The van der Waals surface area contributed by atoms with Gasteiger partial charge in [0.2, 0.25) is 0 Å². The lowest BCUT2D eigenvalue weighted by molar-refractivity contribution is 0.102. The molecule has 21 heavy (non-hydrogen) atoms. The Morgan fingerprint density at radius 2 is 2.24 bits per heavy atom. The molecule has 7 heteroatoms. The monoisotopic (exact) mass is 372 g/mol. The Bertz CT molecular complexity index is 682. The van der Waals surface area contributed by atoms with E-state index in [-0.39, 0.29) is 16.5 Å². The number of pyridine rings is 1. The number of nitrogens with one attached hydrogen (secondary N) is 1. The number of nitrogens with zero attached hydrogens (tertiary/aromatic N) is 1. The largest absolute Gasteiger partial charge is 0.491 e. The maximum absolute atomic E-state index is 13.7. The van der Waals surface area contributed by atoms with Gasteiger partial charge in [0.05, 0.1) is 12.2 Å². The molecule has 110 valence electrons. The second-order valence-corrected chi connectivity index (χ2v) is 5.30. The van der Waals surface area contributed by atoms with Crippen molar-refractivity contribution in [3.63, 3.8) is 0 Å². The highest BCUT2D eigenvalue weighted by molar-refractivity contribution is 9.10. The maximum atomic E-state index is 13.7. The lowest BCUT2D eigenvalue weighted by Gasteiger charge is -2.09. The van der Waals surface area contributed by atoms with Crippen molar-refractivity contribution in [2.24, 2.45) is 0 Å². The number of hydrogen-bond acceptors (Lipinski definition) is 3. The van der Waals surface area contributed by atoms with E-state index >= 15 is 0 Å². The van der Waals surface area contributed by atoms with Gasteiger partial charge in [0.15, 0.2) is 11.6 Å². The van der Waals surface area contributed by atoms with Crippen LogP contribution in [0.25, 0.3) is 0 Å². The average molecular weight is 374 g/mol. The highest BCUT2D eigenvalue weighted by Gasteiger charge is 2.13. The first kappa shape index (κ1) is 15.7. The van der Waals surface area contributed by atoms with Gasteiger partial charge in [-0.15, -0.1) is 0 Å².